The summed E-state index contributed by atoms with van der Waals surface area (Å²) in [6.45, 7) is 1.17. The van der Waals surface area contributed by atoms with Crippen LogP contribution in [0.2, 0.25) is 0 Å². The van der Waals surface area contributed by atoms with Gasteiger partial charge in [0.05, 0.1) is 17.8 Å². The maximum absolute atomic E-state index is 12.6. The zero-order valence-electron chi connectivity index (χ0n) is 15.8. The van der Waals surface area contributed by atoms with Gasteiger partial charge in [-0.3, -0.25) is 0 Å². The summed E-state index contributed by atoms with van der Waals surface area (Å²) >= 11 is 0. The lowest BCUT2D eigenvalue weighted by molar-refractivity contribution is -0.141. The molecule has 3 aromatic rings. The summed E-state index contributed by atoms with van der Waals surface area (Å²) < 4.78 is 43.5. The van der Waals surface area contributed by atoms with E-state index in [2.05, 4.69) is 16.3 Å². The number of aromatic nitrogens is 2. The second-order valence-electron chi connectivity index (χ2n) is 6.94. The molecule has 1 atom stereocenters. The molecule has 0 amide bonds. The minimum atomic E-state index is -4.53. The molecule has 8 heteroatoms. The fourth-order valence-electron chi connectivity index (χ4n) is 3.46. The molecule has 1 unspecified atom stereocenters. The molecule has 0 N–H and O–H groups in total. The molecule has 4 rings (SSSR count). The minimum Gasteiger partial charge on any atom is -0.471 e. The first-order valence-corrected chi connectivity index (χ1v) is 9.36. The fraction of sp³-hybridized carbons (Fsp3) is 0.227. The third-order valence-corrected chi connectivity index (χ3v) is 4.93. The Morgan fingerprint density at radius 2 is 1.80 bits per heavy atom. The smallest absolute Gasteiger partial charge is 0.435 e. The molecule has 0 radical (unpaired) electrons. The van der Waals surface area contributed by atoms with E-state index in [1.807, 2.05) is 53.4 Å². The Morgan fingerprint density at radius 1 is 1.00 bits per heavy atom. The first-order valence-electron chi connectivity index (χ1n) is 9.36. The Hall–Kier alpha value is -3.60. The van der Waals surface area contributed by atoms with E-state index in [1.165, 1.54) is 6.07 Å². The summed E-state index contributed by atoms with van der Waals surface area (Å²) in [7, 11) is 0. The molecule has 2 aromatic carbocycles. The first-order chi connectivity index (χ1) is 14.4. The largest absolute Gasteiger partial charge is 0.471 e. The zero-order valence-corrected chi connectivity index (χ0v) is 15.8. The van der Waals surface area contributed by atoms with Crippen LogP contribution >= 0.6 is 0 Å². The molecular formula is C22H17F3N4O. The fourth-order valence-corrected chi connectivity index (χ4v) is 3.46. The number of anilines is 1. The Labute approximate surface area is 171 Å². The Morgan fingerprint density at radius 3 is 2.47 bits per heavy atom. The van der Waals surface area contributed by atoms with Crippen LogP contribution in [0.3, 0.4) is 0 Å². The van der Waals surface area contributed by atoms with Gasteiger partial charge in [0, 0.05) is 19.0 Å². The quantitative estimate of drug-likeness (QED) is 0.624. The number of nitriles is 1. The summed E-state index contributed by atoms with van der Waals surface area (Å²) in [6.07, 6.45) is -4.13. The lowest BCUT2D eigenvalue weighted by atomic mass is 10.0. The molecule has 1 aliphatic heterocycles. The number of benzene rings is 2. The van der Waals surface area contributed by atoms with Crippen molar-refractivity contribution in [3.05, 3.63) is 71.9 Å². The maximum Gasteiger partial charge on any atom is 0.435 e. The SMILES string of the molecule is N#Cc1cc(-c2ccccc2)ccc1N1CCC(Oc2ccc(C(F)(F)F)nn2)C1. The molecule has 30 heavy (non-hydrogen) atoms. The van der Waals surface area contributed by atoms with Gasteiger partial charge in [-0.2, -0.15) is 18.4 Å². The Bertz CT molecular complexity index is 1060. The first kappa shape index (κ1) is 19.7. The van der Waals surface area contributed by atoms with Crippen LogP contribution in [0.25, 0.3) is 11.1 Å². The Kier molecular flexibility index (Phi) is 5.27. The molecule has 0 saturated carbocycles. The van der Waals surface area contributed by atoms with Crippen LogP contribution in [0, 0.1) is 11.3 Å². The van der Waals surface area contributed by atoms with Crippen molar-refractivity contribution < 1.29 is 17.9 Å². The lowest BCUT2D eigenvalue weighted by Gasteiger charge is -2.20. The molecule has 1 aliphatic rings. The van der Waals surface area contributed by atoms with Gasteiger partial charge in [-0.05, 0) is 29.3 Å². The van der Waals surface area contributed by atoms with Crippen molar-refractivity contribution in [2.75, 3.05) is 18.0 Å². The number of nitrogens with zero attached hydrogens (tertiary/aromatic N) is 4. The van der Waals surface area contributed by atoms with Crippen LogP contribution in [0.1, 0.15) is 17.7 Å². The summed E-state index contributed by atoms with van der Waals surface area (Å²) in [5.74, 6) is 0.0507. The second-order valence-corrected chi connectivity index (χ2v) is 6.94. The predicted molar refractivity (Wildman–Crippen MR) is 105 cm³/mol. The van der Waals surface area contributed by atoms with Gasteiger partial charge < -0.3 is 9.64 Å². The molecule has 1 saturated heterocycles. The van der Waals surface area contributed by atoms with E-state index in [4.69, 9.17) is 4.74 Å². The van der Waals surface area contributed by atoms with Gasteiger partial charge in [0.1, 0.15) is 12.2 Å². The third kappa shape index (κ3) is 4.20. The van der Waals surface area contributed by atoms with E-state index in [9.17, 15) is 18.4 Å². The maximum atomic E-state index is 12.6. The molecule has 0 aliphatic carbocycles. The number of hydrogen-bond donors (Lipinski definition) is 0. The standard InChI is InChI=1S/C22H17F3N4O/c23-22(24,25)20-8-9-21(28-27-20)30-18-10-11-29(14-18)19-7-6-16(12-17(19)13-26)15-4-2-1-3-5-15/h1-9,12,18H,10-11,14H2. The average Bonchev–Trinajstić information content (AvgIpc) is 3.22. The van der Waals surface area contributed by atoms with Gasteiger partial charge in [0.25, 0.3) is 0 Å². The molecule has 0 bridgehead atoms. The van der Waals surface area contributed by atoms with Crippen molar-refractivity contribution in [1.82, 2.24) is 10.2 Å². The van der Waals surface area contributed by atoms with Crippen LogP contribution in [0.15, 0.2) is 60.7 Å². The Balaban J connectivity index is 1.46. The van der Waals surface area contributed by atoms with Gasteiger partial charge in [-0.15, -0.1) is 10.2 Å². The highest BCUT2D eigenvalue weighted by molar-refractivity contribution is 5.71. The highest BCUT2D eigenvalue weighted by Crippen LogP contribution is 2.31. The molecule has 0 spiro atoms. The number of hydrogen-bond acceptors (Lipinski definition) is 5. The number of rotatable bonds is 4. The average molecular weight is 410 g/mol. The van der Waals surface area contributed by atoms with Crippen LogP contribution < -0.4 is 9.64 Å². The number of alkyl halides is 3. The zero-order chi connectivity index (χ0) is 21.1. The van der Waals surface area contributed by atoms with E-state index < -0.39 is 11.9 Å². The molecule has 152 valence electrons. The van der Waals surface area contributed by atoms with Crippen molar-refractivity contribution in [3.8, 4) is 23.1 Å². The van der Waals surface area contributed by atoms with E-state index in [0.717, 1.165) is 22.9 Å². The van der Waals surface area contributed by atoms with E-state index in [-0.39, 0.29) is 12.0 Å². The van der Waals surface area contributed by atoms with Crippen molar-refractivity contribution in [2.45, 2.75) is 18.7 Å². The van der Waals surface area contributed by atoms with Crippen LogP contribution in [0.5, 0.6) is 5.88 Å². The number of halogens is 3. The molecule has 1 fully saturated rings. The van der Waals surface area contributed by atoms with E-state index in [1.54, 1.807) is 0 Å². The normalized spacial score (nSPS) is 16.3. The van der Waals surface area contributed by atoms with Gasteiger partial charge in [-0.25, -0.2) is 0 Å². The topological polar surface area (TPSA) is 62.0 Å². The highest BCUT2D eigenvalue weighted by atomic mass is 19.4. The number of ether oxygens (including phenoxy) is 1. The molecular weight excluding hydrogens is 393 g/mol. The van der Waals surface area contributed by atoms with Crippen LogP contribution in [-0.2, 0) is 6.18 Å². The van der Waals surface area contributed by atoms with Gasteiger partial charge >= 0.3 is 6.18 Å². The van der Waals surface area contributed by atoms with E-state index >= 15 is 0 Å². The summed E-state index contributed by atoms with van der Waals surface area (Å²) in [4.78, 5) is 2.04. The van der Waals surface area contributed by atoms with Gasteiger partial charge in [0.2, 0.25) is 5.88 Å². The summed E-state index contributed by atoms with van der Waals surface area (Å²) in [6, 6.07) is 19.8. The van der Waals surface area contributed by atoms with Crippen molar-refractivity contribution in [2.24, 2.45) is 0 Å². The van der Waals surface area contributed by atoms with Crippen LogP contribution in [-0.4, -0.2) is 29.4 Å². The monoisotopic (exact) mass is 410 g/mol. The van der Waals surface area contributed by atoms with Gasteiger partial charge in [-0.1, -0.05) is 36.4 Å². The second kappa shape index (κ2) is 8.03. The minimum absolute atomic E-state index is 0.0507. The summed E-state index contributed by atoms with van der Waals surface area (Å²) in [5.41, 5.74) is 2.31. The molecule has 1 aromatic heterocycles. The predicted octanol–water partition coefficient (Wildman–Crippen LogP) is 4.69. The van der Waals surface area contributed by atoms with Crippen LogP contribution in [0.4, 0.5) is 18.9 Å². The van der Waals surface area contributed by atoms with E-state index in [0.29, 0.717) is 25.1 Å². The van der Waals surface area contributed by atoms with Crippen molar-refractivity contribution >= 4 is 5.69 Å². The van der Waals surface area contributed by atoms with Crippen molar-refractivity contribution in [1.29, 1.82) is 5.26 Å². The molecule has 5 nitrogen and oxygen atoms in total. The lowest BCUT2D eigenvalue weighted by Crippen LogP contribution is -2.25. The summed E-state index contributed by atoms with van der Waals surface area (Å²) in [5, 5.41) is 16.3. The van der Waals surface area contributed by atoms with Gasteiger partial charge in [0.15, 0.2) is 5.69 Å². The highest BCUT2D eigenvalue weighted by Gasteiger charge is 2.33. The molecule has 2 heterocycles. The third-order valence-electron chi connectivity index (χ3n) is 4.93. The van der Waals surface area contributed by atoms with Crippen molar-refractivity contribution in [3.63, 3.8) is 0 Å².